The van der Waals surface area contributed by atoms with Gasteiger partial charge in [-0.15, -0.1) is 0 Å². The van der Waals surface area contributed by atoms with Crippen molar-refractivity contribution in [3.63, 3.8) is 0 Å². The van der Waals surface area contributed by atoms with Crippen molar-refractivity contribution < 1.29 is 56.5 Å². The number of hydrogen-bond donors (Lipinski definition) is 8. The number of aromatic amines is 1. The van der Waals surface area contributed by atoms with Crippen molar-refractivity contribution in [1.29, 1.82) is 0 Å². The molecule has 3 heterocycles. The number of rotatable bonds is 11. The number of imidazole rings is 1. The first-order chi connectivity index (χ1) is 16.1. The van der Waals surface area contributed by atoms with Crippen molar-refractivity contribution in [1.82, 2.24) is 24.8 Å². The summed E-state index contributed by atoms with van der Waals surface area (Å²) in [5, 5.41) is 23.1. The topological polar surface area (TPSA) is 291 Å². The number of nitrogen functional groups attached to an aromatic ring is 1. The molecular weight excluding hydrogens is 541 g/mol. The Kier molecular flexibility index (Phi) is 8.35. The number of fused-ring (bicyclic) bond motifs is 1. The second-order valence-corrected chi connectivity index (χ2v) is 12.3. The third-order valence-electron chi connectivity index (χ3n) is 4.55. The maximum Gasteiger partial charge on any atom is 0.488 e. The Labute approximate surface area is 195 Å². The van der Waals surface area contributed by atoms with Crippen LogP contribution >= 0.6 is 23.2 Å². The summed E-state index contributed by atoms with van der Waals surface area (Å²) in [5.74, 6) is -0.260. The molecule has 1 aliphatic rings. The highest BCUT2D eigenvalue weighted by Gasteiger charge is 2.47. The van der Waals surface area contributed by atoms with Crippen LogP contribution < -0.4 is 16.6 Å². The highest BCUT2D eigenvalue weighted by Crippen LogP contribution is 2.67. The number of aliphatic hydroxyl groups excluding tert-OH is 2. The van der Waals surface area contributed by atoms with Crippen LogP contribution in [0.5, 0.6) is 0 Å². The van der Waals surface area contributed by atoms with Crippen LogP contribution in [0, 0.1) is 0 Å². The molecule has 7 atom stereocenters. The van der Waals surface area contributed by atoms with E-state index in [-0.39, 0.29) is 23.7 Å². The van der Waals surface area contributed by atoms with Gasteiger partial charge < -0.3 is 40.7 Å². The van der Waals surface area contributed by atoms with Gasteiger partial charge in [0.25, 0.3) is 5.56 Å². The van der Waals surface area contributed by atoms with E-state index < -0.39 is 66.1 Å². The van der Waals surface area contributed by atoms with Crippen molar-refractivity contribution >= 4 is 40.4 Å². The van der Waals surface area contributed by atoms with Crippen molar-refractivity contribution in [3.8, 4) is 0 Å². The van der Waals surface area contributed by atoms with Crippen molar-refractivity contribution in [2.75, 3.05) is 32.1 Å². The van der Waals surface area contributed by atoms with E-state index in [9.17, 15) is 43.4 Å². The molecule has 9 N–H and O–H groups in total. The average Bonchev–Trinajstić information content (AvgIpc) is 3.25. The van der Waals surface area contributed by atoms with Crippen LogP contribution in [-0.4, -0.2) is 89.1 Å². The molecule has 0 saturated carbocycles. The number of nitrogens with zero attached hydrogens (tertiary/aromatic N) is 3. The van der Waals surface area contributed by atoms with Gasteiger partial charge in [-0.1, -0.05) is 0 Å². The number of H-pyrrole nitrogens is 1. The summed E-state index contributed by atoms with van der Waals surface area (Å²) in [6, 6.07) is 0. The Bertz CT molecular complexity index is 1270. The van der Waals surface area contributed by atoms with Crippen molar-refractivity contribution in [2.45, 2.75) is 24.5 Å². The summed E-state index contributed by atoms with van der Waals surface area (Å²) in [7, 11) is -14.2. The number of phosphoric ester groups is 1. The number of ether oxygens (including phenoxy) is 1. The maximum absolute atomic E-state index is 12.1. The number of aliphatic hydroxyl groups is 2. The third kappa shape index (κ3) is 6.81. The fourth-order valence-corrected chi connectivity index (χ4v) is 7.09. The molecule has 0 amide bonds. The van der Waals surface area contributed by atoms with E-state index >= 15 is 0 Å². The maximum atomic E-state index is 12.1. The molecule has 1 aliphatic heterocycles. The summed E-state index contributed by atoms with van der Waals surface area (Å²) >= 11 is 0. The molecule has 0 radical (unpaired) electrons. The van der Waals surface area contributed by atoms with E-state index in [0.29, 0.717) is 0 Å². The quantitative estimate of drug-likeness (QED) is 0.137. The Morgan fingerprint density at radius 3 is 2.54 bits per heavy atom. The molecule has 1 fully saturated rings. The summed E-state index contributed by atoms with van der Waals surface area (Å²) in [6.45, 7) is -1.04. The Morgan fingerprint density at radius 1 is 1.20 bits per heavy atom. The molecule has 0 bridgehead atoms. The van der Waals surface area contributed by atoms with Crippen LogP contribution in [-0.2, 0) is 31.6 Å². The zero-order chi connectivity index (χ0) is 26.2. The van der Waals surface area contributed by atoms with Crippen LogP contribution in [0.4, 0.5) is 5.95 Å². The molecule has 0 aliphatic carbocycles. The molecule has 35 heavy (non-hydrogen) atoms. The first-order valence-corrected chi connectivity index (χ1v) is 14.3. The second kappa shape index (κ2) is 10.4. The van der Waals surface area contributed by atoms with Crippen LogP contribution in [0.25, 0.3) is 11.2 Å². The van der Waals surface area contributed by atoms with E-state index in [0.717, 1.165) is 10.9 Å². The molecule has 7 unspecified atom stereocenters. The van der Waals surface area contributed by atoms with E-state index in [2.05, 4.69) is 33.4 Å². The fraction of sp³-hybridized carbons (Fsp3) is 0.615. The zero-order valence-corrected chi connectivity index (χ0v) is 20.5. The van der Waals surface area contributed by atoms with Gasteiger partial charge in [0.15, 0.2) is 17.4 Å². The smallest absolute Gasteiger partial charge is 0.387 e. The van der Waals surface area contributed by atoms with Gasteiger partial charge in [0.1, 0.15) is 18.3 Å². The molecule has 2 aromatic rings. The molecule has 198 valence electrons. The van der Waals surface area contributed by atoms with Crippen LogP contribution in [0.3, 0.4) is 0 Å². The molecule has 19 nitrogen and oxygen atoms in total. The Morgan fingerprint density at radius 2 is 1.89 bits per heavy atom. The number of anilines is 1. The molecule has 2 aromatic heterocycles. The summed E-state index contributed by atoms with van der Waals surface area (Å²) in [6.07, 6.45) is -5.79. The lowest BCUT2D eigenvalue weighted by Gasteiger charge is -2.20. The lowest BCUT2D eigenvalue weighted by molar-refractivity contribution is -0.0503. The van der Waals surface area contributed by atoms with Gasteiger partial charge in [0.2, 0.25) is 5.95 Å². The second-order valence-electron chi connectivity index (χ2n) is 7.18. The van der Waals surface area contributed by atoms with Crippen LogP contribution in [0.15, 0.2) is 11.1 Å². The summed E-state index contributed by atoms with van der Waals surface area (Å²) in [5.41, 5.74) is 4.59. The van der Waals surface area contributed by atoms with Gasteiger partial charge in [0, 0.05) is 6.54 Å². The van der Waals surface area contributed by atoms with Gasteiger partial charge in [-0.2, -0.15) is 9.29 Å². The average molecular weight is 564 g/mol. The minimum atomic E-state index is -5.55. The van der Waals surface area contributed by atoms with Gasteiger partial charge in [-0.3, -0.25) is 23.4 Å². The molecule has 22 heteroatoms. The minimum Gasteiger partial charge on any atom is -0.387 e. The largest absolute Gasteiger partial charge is 0.488 e. The number of phosphoric acid groups is 2. The van der Waals surface area contributed by atoms with Gasteiger partial charge in [0.05, 0.1) is 19.1 Å². The molecule has 0 spiro atoms. The molecule has 0 aromatic carbocycles. The first kappa shape index (κ1) is 28.0. The van der Waals surface area contributed by atoms with Crippen LogP contribution in [0.2, 0.25) is 0 Å². The van der Waals surface area contributed by atoms with E-state index in [1.807, 2.05) is 0 Å². The minimum absolute atomic E-state index is 0.0792. The van der Waals surface area contributed by atoms with Crippen molar-refractivity contribution in [2.24, 2.45) is 0 Å². The number of nitrogens with two attached hydrogens (primary N) is 1. The molecule has 3 rings (SSSR count). The van der Waals surface area contributed by atoms with Crippen molar-refractivity contribution in [3.05, 3.63) is 16.7 Å². The highest BCUT2D eigenvalue weighted by molar-refractivity contribution is 7.68. The standard InChI is InChI=1S/C13H23N6O13P3/c1-15-2-3-33(23,24)31-35(27,28)32-34(25,26)29-4-6-8(20)9(21)12(30-6)19-5-16-7-10(19)17-13(14)18-11(7)22/h5-6,8-9,12,15,20-21H,2-4H2,1H3,(H,23,24)(H,25,26)(H,27,28)(H3,14,17,18,22). The van der Waals surface area contributed by atoms with E-state index in [4.69, 9.17) is 10.5 Å². The number of nitrogens with one attached hydrogen (secondary N) is 2. The predicted molar refractivity (Wildman–Crippen MR) is 115 cm³/mol. The molecular formula is C13H23N6O13P3. The van der Waals surface area contributed by atoms with Gasteiger partial charge in [-0.25, -0.2) is 18.4 Å². The Balaban J connectivity index is 1.67. The number of hydrogen-bond acceptors (Lipinski definition) is 14. The highest BCUT2D eigenvalue weighted by atomic mass is 31.3. The SMILES string of the molecule is CNCCP(=O)(O)OP(=O)(O)OP(=O)(O)OCC1OC(n2cnc3c(=O)[nH]c(N)nc32)C(O)C1O. The normalized spacial score (nSPS) is 27.9. The monoisotopic (exact) mass is 564 g/mol. The zero-order valence-electron chi connectivity index (χ0n) is 17.8. The Hall–Kier alpha value is -1.56. The number of aromatic nitrogens is 4. The summed E-state index contributed by atoms with van der Waals surface area (Å²) < 4.78 is 54.8. The first-order valence-electron chi connectivity index (χ1n) is 9.58. The van der Waals surface area contributed by atoms with Gasteiger partial charge >= 0.3 is 23.2 Å². The molecule has 1 saturated heterocycles. The fourth-order valence-electron chi connectivity index (χ4n) is 3.02. The van der Waals surface area contributed by atoms with Crippen LogP contribution in [0.1, 0.15) is 6.23 Å². The lowest BCUT2D eigenvalue weighted by Crippen LogP contribution is -2.33. The van der Waals surface area contributed by atoms with E-state index in [1.165, 1.54) is 7.05 Å². The third-order valence-corrected chi connectivity index (χ3v) is 9.31. The summed E-state index contributed by atoms with van der Waals surface area (Å²) in [4.78, 5) is 50.7. The van der Waals surface area contributed by atoms with Gasteiger partial charge in [-0.05, 0) is 7.05 Å². The van der Waals surface area contributed by atoms with E-state index in [1.54, 1.807) is 0 Å². The predicted octanol–water partition coefficient (Wildman–Crippen LogP) is -2.02. The lowest BCUT2D eigenvalue weighted by atomic mass is 10.1.